The first-order valence-corrected chi connectivity index (χ1v) is 6.59. The first-order valence-electron chi connectivity index (χ1n) is 6.59. The van der Waals surface area contributed by atoms with Crippen molar-refractivity contribution in [3.05, 3.63) is 0 Å². The predicted octanol–water partition coefficient (Wildman–Crippen LogP) is 2.62. The fourth-order valence-electron chi connectivity index (χ4n) is 1.73. The molecule has 3 heteroatoms. The van der Waals surface area contributed by atoms with Gasteiger partial charge in [0.05, 0.1) is 6.10 Å². The van der Waals surface area contributed by atoms with Crippen molar-refractivity contribution >= 4 is 5.91 Å². The summed E-state index contributed by atoms with van der Waals surface area (Å²) in [7, 11) is 1.63. The van der Waals surface area contributed by atoms with E-state index in [0.29, 0.717) is 12.8 Å². The molecule has 0 saturated carbocycles. The van der Waals surface area contributed by atoms with E-state index in [1.807, 2.05) is 0 Å². The van der Waals surface area contributed by atoms with E-state index in [1.165, 1.54) is 32.1 Å². The number of rotatable bonds is 10. The van der Waals surface area contributed by atoms with Crippen LogP contribution >= 0.6 is 0 Å². The van der Waals surface area contributed by atoms with Gasteiger partial charge < -0.3 is 10.4 Å². The number of carbonyl (C=O) groups is 1. The van der Waals surface area contributed by atoms with Crippen LogP contribution in [0.5, 0.6) is 0 Å². The number of carbonyl (C=O) groups excluding carboxylic acids is 1. The highest BCUT2D eigenvalue weighted by atomic mass is 16.3. The Morgan fingerprint density at radius 2 is 1.75 bits per heavy atom. The summed E-state index contributed by atoms with van der Waals surface area (Å²) < 4.78 is 0. The van der Waals surface area contributed by atoms with Crippen LogP contribution in [0.25, 0.3) is 0 Å². The Bertz CT molecular complexity index is 171. The molecule has 0 radical (unpaired) electrons. The number of nitrogens with one attached hydrogen (secondary N) is 1. The molecule has 0 aliphatic rings. The second-order valence-electron chi connectivity index (χ2n) is 4.42. The van der Waals surface area contributed by atoms with Gasteiger partial charge in [0.15, 0.2) is 0 Å². The first kappa shape index (κ1) is 15.4. The molecule has 3 nitrogen and oxygen atoms in total. The van der Waals surface area contributed by atoms with E-state index >= 15 is 0 Å². The van der Waals surface area contributed by atoms with Crippen molar-refractivity contribution in [3.63, 3.8) is 0 Å². The Morgan fingerprint density at radius 1 is 1.12 bits per heavy atom. The molecule has 0 saturated heterocycles. The van der Waals surface area contributed by atoms with Gasteiger partial charge in [-0.3, -0.25) is 4.79 Å². The highest BCUT2D eigenvalue weighted by Crippen LogP contribution is 2.11. The van der Waals surface area contributed by atoms with Gasteiger partial charge in [0.2, 0.25) is 5.91 Å². The van der Waals surface area contributed by atoms with Gasteiger partial charge in [0, 0.05) is 13.5 Å². The summed E-state index contributed by atoms with van der Waals surface area (Å²) in [6, 6.07) is 0. The van der Waals surface area contributed by atoms with Crippen LogP contribution in [0.2, 0.25) is 0 Å². The molecule has 0 aromatic carbocycles. The third-order valence-corrected chi connectivity index (χ3v) is 2.87. The van der Waals surface area contributed by atoms with E-state index in [4.69, 9.17) is 0 Å². The Hall–Kier alpha value is -0.570. The van der Waals surface area contributed by atoms with Crippen molar-refractivity contribution in [1.29, 1.82) is 0 Å². The molecular formula is C13H27NO2. The molecule has 0 aromatic heterocycles. The first-order chi connectivity index (χ1) is 7.70. The average molecular weight is 229 g/mol. The highest BCUT2D eigenvalue weighted by molar-refractivity contribution is 5.75. The molecule has 1 atom stereocenters. The fraction of sp³-hybridized carbons (Fsp3) is 0.923. The van der Waals surface area contributed by atoms with Crippen LogP contribution in [-0.2, 0) is 4.79 Å². The predicted molar refractivity (Wildman–Crippen MR) is 67.3 cm³/mol. The van der Waals surface area contributed by atoms with Crippen LogP contribution in [0.3, 0.4) is 0 Å². The Morgan fingerprint density at radius 3 is 2.38 bits per heavy atom. The molecular weight excluding hydrogens is 202 g/mol. The second-order valence-corrected chi connectivity index (χ2v) is 4.42. The zero-order chi connectivity index (χ0) is 12.2. The van der Waals surface area contributed by atoms with Crippen LogP contribution in [0.4, 0.5) is 0 Å². The van der Waals surface area contributed by atoms with Gasteiger partial charge in [0.1, 0.15) is 0 Å². The van der Waals surface area contributed by atoms with Crippen LogP contribution in [-0.4, -0.2) is 24.2 Å². The van der Waals surface area contributed by atoms with Crippen LogP contribution in [0.15, 0.2) is 0 Å². The molecule has 0 aliphatic heterocycles. The van der Waals surface area contributed by atoms with E-state index in [9.17, 15) is 9.90 Å². The van der Waals surface area contributed by atoms with Gasteiger partial charge in [-0.05, 0) is 12.8 Å². The lowest BCUT2D eigenvalue weighted by molar-refractivity contribution is -0.121. The minimum absolute atomic E-state index is 0.0157. The van der Waals surface area contributed by atoms with Crippen molar-refractivity contribution in [3.8, 4) is 0 Å². The standard InChI is InChI=1S/C13H27NO2/c1-3-4-5-6-7-8-9-12(15)10-11-13(16)14-2/h12,15H,3-11H2,1-2H3,(H,14,16). The summed E-state index contributed by atoms with van der Waals surface area (Å²) >= 11 is 0. The van der Waals surface area contributed by atoms with E-state index in [2.05, 4.69) is 12.2 Å². The number of hydrogen-bond acceptors (Lipinski definition) is 2. The van der Waals surface area contributed by atoms with Crippen LogP contribution in [0.1, 0.15) is 64.7 Å². The van der Waals surface area contributed by atoms with Crippen LogP contribution in [0, 0.1) is 0 Å². The molecule has 96 valence electrons. The lowest BCUT2D eigenvalue weighted by Crippen LogP contribution is -2.19. The summed E-state index contributed by atoms with van der Waals surface area (Å²) in [5.41, 5.74) is 0. The second kappa shape index (κ2) is 10.9. The number of hydrogen-bond donors (Lipinski definition) is 2. The molecule has 1 unspecified atom stereocenters. The summed E-state index contributed by atoms with van der Waals surface area (Å²) in [5, 5.41) is 12.2. The molecule has 16 heavy (non-hydrogen) atoms. The molecule has 0 fully saturated rings. The van der Waals surface area contributed by atoms with Crippen molar-refractivity contribution in [2.45, 2.75) is 70.8 Å². The van der Waals surface area contributed by atoms with Gasteiger partial charge in [-0.1, -0.05) is 45.4 Å². The minimum atomic E-state index is -0.302. The average Bonchev–Trinajstić information content (AvgIpc) is 2.30. The minimum Gasteiger partial charge on any atom is -0.393 e. The number of amides is 1. The lowest BCUT2D eigenvalue weighted by atomic mass is 10.0. The summed E-state index contributed by atoms with van der Waals surface area (Å²) in [6.45, 7) is 2.21. The maximum Gasteiger partial charge on any atom is 0.219 e. The topological polar surface area (TPSA) is 49.3 Å². The monoisotopic (exact) mass is 229 g/mol. The molecule has 0 rings (SSSR count). The quantitative estimate of drug-likeness (QED) is 0.566. The Labute approximate surface area is 99.6 Å². The third kappa shape index (κ3) is 9.97. The van der Waals surface area contributed by atoms with Crippen molar-refractivity contribution in [2.24, 2.45) is 0 Å². The molecule has 0 aromatic rings. The van der Waals surface area contributed by atoms with Crippen LogP contribution < -0.4 is 5.32 Å². The maximum atomic E-state index is 10.9. The largest absolute Gasteiger partial charge is 0.393 e. The van der Waals surface area contributed by atoms with Crippen molar-refractivity contribution < 1.29 is 9.90 Å². The zero-order valence-corrected chi connectivity index (χ0v) is 10.8. The van der Waals surface area contributed by atoms with Gasteiger partial charge in [-0.15, -0.1) is 0 Å². The Kier molecular flexibility index (Phi) is 10.5. The number of unbranched alkanes of at least 4 members (excludes halogenated alkanes) is 5. The van der Waals surface area contributed by atoms with E-state index in [1.54, 1.807) is 7.05 Å². The van der Waals surface area contributed by atoms with Gasteiger partial charge in [-0.25, -0.2) is 0 Å². The van der Waals surface area contributed by atoms with Crippen molar-refractivity contribution in [2.75, 3.05) is 7.05 Å². The number of aliphatic hydroxyl groups is 1. The van der Waals surface area contributed by atoms with Gasteiger partial charge >= 0.3 is 0 Å². The Balaban J connectivity index is 3.23. The SMILES string of the molecule is CCCCCCCCC(O)CCC(=O)NC. The van der Waals surface area contributed by atoms with Gasteiger partial charge in [0.25, 0.3) is 0 Å². The number of aliphatic hydroxyl groups excluding tert-OH is 1. The summed E-state index contributed by atoms with van der Waals surface area (Å²) in [4.78, 5) is 10.9. The smallest absolute Gasteiger partial charge is 0.219 e. The highest BCUT2D eigenvalue weighted by Gasteiger charge is 2.06. The zero-order valence-electron chi connectivity index (χ0n) is 10.8. The lowest BCUT2D eigenvalue weighted by Gasteiger charge is -2.09. The third-order valence-electron chi connectivity index (χ3n) is 2.87. The van der Waals surface area contributed by atoms with E-state index in [0.717, 1.165) is 12.8 Å². The summed E-state index contributed by atoms with van der Waals surface area (Å²) in [6.07, 6.45) is 9.03. The van der Waals surface area contributed by atoms with E-state index in [-0.39, 0.29) is 12.0 Å². The molecule has 0 bridgehead atoms. The molecule has 0 heterocycles. The molecule has 1 amide bonds. The van der Waals surface area contributed by atoms with Gasteiger partial charge in [-0.2, -0.15) is 0 Å². The fourth-order valence-corrected chi connectivity index (χ4v) is 1.73. The van der Waals surface area contributed by atoms with E-state index < -0.39 is 0 Å². The molecule has 2 N–H and O–H groups in total. The molecule has 0 spiro atoms. The molecule has 0 aliphatic carbocycles. The summed E-state index contributed by atoms with van der Waals surface area (Å²) in [5.74, 6) is 0.0157. The maximum absolute atomic E-state index is 10.9. The van der Waals surface area contributed by atoms with Crippen molar-refractivity contribution in [1.82, 2.24) is 5.32 Å². The normalized spacial score (nSPS) is 12.4.